The molecule has 0 aliphatic carbocycles. The summed E-state index contributed by atoms with van der Waals surface area (Å²) in [4.78, 5) is 0. The highest BCUT2D eigenvalue weighted by Crippen LogP contribution is 2.48. The predicted molar refractivity (Wildman–Crippen MR) is 56.9 cm³/mol. The van der Waals surface area contributed by atoms with Crippen molar-refractivity contribution in [3.05, 3.63) is 12.7 Å². The second-order valence-corrected chi connectivity index (χ2v) is 4.22. The van der Waals surface area contributed by atoms with Gasteiger partial charge in [-0.1, -0.05) is 6.08 Å². The molecule has 0 aromatic heterocycles. The first-order valence-electron chi connectivity index (χ1n) is 5.96. The van der Waals surface area contributed by atoms with Crippen LogP contribution in [0.25, 0.3) is 0 Å². The van der Waals surface area contributed by atoms with Gasteiger partial charge in [0.2, 0.25) is 0 Å². The van der Waals surface area contributed by atoms with Gasteiger partial charge in [0.15, 0.2) is 0 Å². The molecule has 0 aliphatic heterocycles. The second-order valence-electron chi connectivity index (χ2n) is 4.22. The summed E-state index contributed by atoms with van der Waals surface area (Å²) in [5, 5.41) is 0. The van der Waals surface area contributed by atoms with Crippen LogP contribution in [0.4, 0.5) is 43.9 Å². The summed E-state index contributed by atoms with van der Waals surface area (Å²) in [5.41, 5.74) is 0. The highest BCUT2D eigenvalue weighted by atomic mass is 19.4. The average Bonchev–Trinajstić information content (AvgIpc) is 2.36. The van der Waals surface area contributed by atoms with Crippen molar-refractivity contribution in [1.82, 2.24) is 0 Å². The standard InChI is InChI=1S/C11H12F10O2/c1-2-3-4-5-6-22-8(13,14)7(12)23-11(20,21)9(15,16)10(17,18)19/h2,7H,1,3-6H2. The first-order valence-corrected chi connectivity index (χ1v) is 5.96. The van der Waals surface area contributed by atoms with Crippen molar-refractivity contribution in [2.75, 3.05) is 6.61 Å². The molecule has 0 bridgehead atoms. The molecule has 0 amide bonds. The Morgan fingerprint density at radius 3 is 1.87 bits per heavy atom. The van der Waals surface area contributed by atoms with Gasteiger partial charge in [0.05, 0.1) is 6.61 Å². The highest BCUT2D eigenvalue weighted by Gasteiger charge is 2.76. The third kappa shape index (κ3) is 5.83. The molecule has 0 spiro atoms. The van der Waals surface area contributed by atoms with E-state index in [-0.39, 0.29) is 12.8 Å². The maximum atomic E-state index is 12.9. The zero-order chi connectivity index (χ0) is 18.5. The van der Waals surface area contributed by atoms with Crippen LogP contribution in [0.2, 0.25) is 0 Å². The average molecular weight is 366 g/mol. The SMILES string of the molecule is C=CCCCCOC(F)(F)C(F)OC(F)(F)C(F)(F)C(F)(F)F. The van der Waals surface area contributed by atoms with Gasteiger partial charge in [-0.3, -0.25) is 4.74 Å². The number of halogens is 10. The molecule has 0 N–H and O–H groups in total. The van der Waals surface area contributed by atoms with Crippen LogP contribution in [0.5, 0.6) is 0 Å². The minimum Gasteiger partial charge on any atom is -0.316 e. The highest BCUT2D eigenvalue weighted by molar-refractivity contribution is 4.85. The zero-order valence-corrected chi connectivity index (χ0v) is 11.3. The number of hydrogen-bond donors (Lipinski definition) is 0. The summed E-state index contributed by atoms with van der Waals surface area (Å²) < 4.78 is 130. The number of rotatable bonds is 10. The van der Waals surface area contributed by atoms with Crippen LogP contribution in [0.1, 0.15) is 19.3 Å². The molecule has 0 heterocycles. The van der Waals surface area contributed by atoms with Crippen molar-refractivity contribution in [3.63, 3.8) is 0 Å². The Labute approximate surface area is 124 Å². The predicted octanol–water partition coefficient (Wildman–Crippen LogP) is 5.05. The van der Waals surface area contributed by atoms with Crippen LogP contribution in [0, 0.1) is 0 Å². The molecular formula is C11H12F10O2. The molecule has 23 heavy (non-hydrogen) atoms. The van der Waals surface area contributed by atoms with Gasteiger partial charge in [0.25, 0.3) is 6.36 Å². The van der Waals surface area contributed by atoms with E-state index in [2.05, 4.69) is 16.1 Å². The van der Waals surface area contributed by atoms with Crippen molar-refractivity contribution >= 4 is 0 Å². The van der Waals surface area contributed by atoms with E-state index in [0.29, 0.717) is 6.42 Å². The zero-order valence-electron chi connectivity index (χ0n) is 11.3. The fourth-order valence-electron chi connectivity index (χ4n) is 1.10. The number of hydrogen-bond acceptors (Lipinski definition) is 2. The lowest BCUT2D eigenvalue weighted by molar-refractivity contribution is -0.465. The molecule has 0 saturated carbocycles. The van der Waals surface area contributed by atoms with E-state index in [4.69, 9.17) is 0 Å². The maximum absolute atomic E-state index is 12.9. The molecule has 0 aromatic rings. The lowest BCUT2D eigenvalue weighted by Crippen LogP contribution is -2.56. The third-order valence-corrected chi connectivity index (χ3v) is 2.33. The van der Waals surface area contributed by atoms with Crippen molar-refractivity contribution in [2.24, 2.45) is 0 Å². The number of allylic oxidation sites excluding steroid dienone is 1. The van der Waals surface area contributed by atoms with Crippen LogP contribution >= 0.6 is 0 Å². The fourth-order valence-corrected chi connectivity index (χ4v) is 1.10. The monoisotopic (exact) mass is 366 g/mol. The van der Waals surface area contributed by atoms with E-state index in [1.807, 2.05) is 0 Å². The van der Waals surface area contributed by atoms with Gasteiger partial charge in [-0.05, 0) is 19.3 Å². The van der Waals surface area contributed by atoms with E-state index >= 15 is 0 Å². The van der Waals surface area contributed by atoms with Gasteiger partial charge in [-0.25, -0.2) is 4.39 Å². The molecule has 12 heteroatoms. The molecule has 0 aromatic carbocycles. The third-order valence-electron chi connectivity index (χ3n) is 2.33. The molecule has 2 nitrogen and oxygen atoms in total. The Hall–Kier alpha value is -1.04. The van der Waals surface area contributed by atoms with E-state index in [9.17, 15) is 43.9 Å². The lowest BCUT2D eigenvalue weighted by atomic mass is 10.2. The Bertz CT molecular complexity index is 379. The van der Waals surface area contributed by atoms with Gasteiger partial charge in [0, 0.05) is 0 Å². The molecule has 0 radical (unpaired) electrons. The van der Waals surface area contributed by atoms with Crippen molar-refractivity contribution < 1.29 is 53.4 Å². The Morgan fingerprint density at radius 2 is 1.43 bits per heavy atom. The van der Waals surface area contributed by atoms with Gasteiger partial charge in [0.1, 0.15) is 0 Å². The topological polar surface area (TPSA) is 18.5 Å². The summed E-state index contributed by atoms with van der Waals surface area (Å²) in [6.45, 7) is 2.43. The summed E-state index contributed by atoms with van der Waals surface area (Å²) in [7, 11) is 0. The first-order chi connectivity index (χ1) is 10.2. The van der Waals surface area contributed by atoms with Crippen LogP contribution in [-0.4, -0.2) is 37.3 Å². The largest absolute Gasteiger partial charge is 0.462 e. The maximum Gasteiger partial charge on any atom is 0.462 e. The van der Waals surface area contributed by atoms with Crippen LogP contribution in [-0.2, 0) is 9.47 Å². The summed E-state index contributed by atoms with van der Waals surface area (Å²) in [5.74, 6) is -6.87. The van der Waals surface area contributed by atoms with Gasteiger partial charge in [-0.15, -0.1) is 6.58 Å². The molecule has 0 aliphatic rings. The Morgan fingerprint density at radius 1 is 0.913 bits per heavy atom. The number of ether oxygens (including phenoxy) is 2. The minimum absolute atomic E-state index is 0.0938. The van der Waals surface area contributed by atoms with E-state index < -0.39 is 37.3 Å². The quantitative estimate of drug-likeness (QED) is 0.306. The smallest absolute Gasteiger partial charge is 0.316 e. The van der Waals surface area contributed by atoms with E-state index in [1.54, 1.807) is 0 Å². The van der Waals surface area contributed by atoms with Gasteiger partial charge < -0.3 is 4.74 Å². The lowest BCUT2D eigenvalue weighted by Gasteiger charge is -2.30. The van der Waals surface area contributed by atoms with Crippen LogP contribution in [0.3, 0.4) is 0 Å². The Kier molecular flexibility index (Phi) is 7.34. The molecule has 1 unspecified atom stereocenters. The number of unbranched alkanes of at least 4 members (excludes halogenated alkanes) is 2. The summed E-state index contributed by atoms with van der Waals surface area (Å²) in [6, 6.07) is 0. The molecule has 0 rings (SSSR count). The summed E-state index contributed by atoms with van der Waals surface area (Å²) in [6.07, 6.45) is -21.1. The van der Waals surface area contributed by atoms with Crippen molar-refractivity contribution in [1.29, 1.82) is 0 Å². The normalized spacial score (nSPS) is 15.6. The molecule has 0 fully saturated rings. The molecule has 138 valence electrons. The van der Waals surface area contributed by atoms with Crippen molar-refractivity contribution in [3.8, 4) is 0 Å². The second kappa shape index (κ2) is 7.69. The van der Waals surface area contributed by atoms with E-state index in [1.165, 1.54) is 6.08 Å². The first kappa shape index (κ1) is 22.0. The Balaban J connectivity index is 4.76. The van der Waals surface area contributed by atoms with Crippen LogP contribution in [0.15, 0.2) is 12.7 Å². The van der Waals surface area contributed by atoms with Crippen LogP contribution < -0.4 is 0 Å². The minimum atomic E-state index is -6.87. The fraction of sp³-hybridized carbons (Fsp3) is 0.818. The summed E-state index contributed by atoms with van der Waals surface area (Å²) >= 11 is 0. The molecular weight excluding hydrogens is 354 g/mol. The number of alkyl halides is 10. The molecule has 1 atom stereocenters. The van der Waals surface area contributed by atoms with Gasteiger partial charge in [-0.2, -0.15) is 39.5 Å². The van der Waals surface area contributed by atoms with Gasteiger partial charge >= 0.3 is 24.3 Å². The van der Waals surface area contributed by atoms with Crippen molar-refractivity contribution in [2.45, 2.75) is 49.9 Å². The molecule has 0 saturated heterocycles. The van der Waals surface area contributed by atoms with E-state index in [0.717, 1.165) is 0 Å².